The van der Waals surface area contributed by atoms with Gasteiger partial charge < -0.3 is 10.2 Å². The van der Waals surface area contributed by atoms with Crippen LogP contribution in [0.1, 0.15) is 51.4 Å². The smallest absolute Gasteiger partial charge is 0.318 e. The summed E-state index contributed by atoms with van der Waals surface area (Å²) in [4.78, 5) is 15.2. The Labute approximate surface area is 143 Å². The van der Waals surface area contributed by atoms with Gasteiger partial charge in [-0.25, -0.2) is 4.79 Å². The first kappa shape index (κ1) is 15.3. The average Bonchev–Trinajstić information content (AvgIpc) is 2.91. The third-order valence-electron chi connectivity index (χ3n) is 6.16. The Morgan fingerprint density at radius 1 is 0.913 bits per heavy atom. The molecule has 1 N–H and O–H groups in total. The molecule has 4 rings (SSSR count). The summed E-state index contributed by atoms with van der Waals surface area (Å²) in [6, 6.07) is 8.44. The van der Waals surface area contributed by atoms with E-state index >= 15 is 0 Å². The fraction of sp³-hybridized carbons (Fsp3) is 0.632. The molecule has 0 spiro atoms. The van der Waals surface area contributed by atoms with Gasteiger partial charge in [0.2, 0.25) is 0 Å². The minimum Gasteiger partial charge on any atom is -0.318 e. The maximum atomic E-state index is 13.0. The Morgan fingerprint density at radius 3 is 2.00 bits per heavy atom. The Balaban J connectivity index is 1.55. The molecule has 2 saturated carbocycles. The SMILES string of the molecule is O=C(Nc1ccc(Cl)cc1)N1C2CCCCC2C2CCCCC21. The van der Waals surface area contributed by atoms with E-state index in [4.69, 9.17) is 11.6 Å². The highest BCUT2D eigenvalue weighted by Crippen LogP contribution is 2.49. The third-order valence-corrected chi connectivity index (χ3v) is 6.41. The molecule has 3 aliphatic rings. The van der Waals surface area contributed by atoms with Crippen molar-refractivity contribution in [2.45, 2.75) is 63.5 Å². The van der Waals surface area contributed by atoms with Crippen molar-refractivity contribution in [2.75, 3.05) is 5.32 Å². The molecule has 4 atom stereocenters. The lowest BCUT2D eigenvalue weighted by atomic mass is 9.73. The van der Waals surface area contributed by atoms with Crippen LogP contribution in [0.2, 0.25) is 5.02 Å². The number of carbonyl (C=O) groups excluding carboxylic acids is 1. The number of rotatable bonds is 1. The molecule has 1 aliphatic heterocycles. The highest BCUT2D eigenvalue weighted by molar-refractivity contribution is 6.30. The number of benzene rings is 1. The molecular formula is C19H25ClN2O. The second kappa shape index (κ2) is 6.35. The molecule has 3 fully saturated rings. The second-order valence-electron chi connectivity index (χ2n) is 7.38. The second-order valence-corrected chi connectivity index (χ2v) is 7.81. The monoisotopic (exact) mass is 332 g/mol. The summed E-state index contributed by atoms with van der Waals surface area (Å²) in [5.41, 5.74) is 0.839. The number of carbonyl (C=O) groups is 1. The molecule has 0 bridgehead atoms. The van der Waals surface area contributed by atoms with E-state index in [9.17, 15) is 4.79 Å². The van der Waals surface area contributed by atoms with Crippen molar-refractivity contribution >= 4 is 23.3 Å². The molecule has 0 radical (unpaired) electrons. The molecule has 23 heavy (non-hydrogen) atoms. The number of halogens is 1. The number of anilines is 1. The van der Waals surface area contributed by atoms with Crippen LogP contribution in [0.25, 0.3) is 0 Å². The van der Waals surface area contributed by atoms with Crippen molar-refractivity contribution in [3.63, 3.8) is 0 Å². The van der Waals surface area contributed by atoms with E-state index in [0.717, 1.165) is 17.5 Å². The van der Waals surface area contributed by atoms with Gasteiger partial charge in [-0.3, -0.25) is 0 Å². The van der Waals surface area contributed by atoms with Crippen LogP contribution in [0, 0.1) is 11.8 Å². The molecule has 1 aromatic rings. The zero-order valence-electron chi connectivity index (χ0n) is 13.5. The maximum absolute atomic E-state index is 13.0. The molecule has 1 heterocycles. The van der Waals surface area contributed by atoms with Crippen LogP contribution in [0.5, 0.6) is 0 Å². The topological polar surface area (TPSA) is 32.3 Å². The van der Waals surface area contributed by atoms with Crippen molar-refractivity contribution < 1.29 is 4.79 Å². The van der Waals surface area contributed by atoms with Crippen LogP contribution < -0.4 is 5.32 Å². The molecule has 4 heteroatoms. The summed E-state index contributed by atoms with van der Waals surface area (Å²) in [6.07, 6.45) is 10.2. The van der Waals surface area contributed by atoms with Crippen LogP contribution in [0.4, 0.5) is 10.5 Å². The standard InChI is InChI=1S/C19H25ClN2O/c20-13-9-11-14(12-10-13)21-19(23)22-17-7-3-1-5-15(17)16-6-2-4-8-18(16)22/h9-12,15-18H,1-8H2,(H,21,23). The Hall–Kier alpha value is -1.22. The quantitative estimate of drug-likeness (QED) is 0.743. The number of hydrogen-bond acceptors (Lipinski definition) is 1. The zero-order valence-corrected chi connectivity index (χ0v) is 14.3. The van der Waals surface area contributed by atoms with Crippen LogP contribution in [-0.2, 0) is 0 Å². The summed E-state index contributed by atoms with van der Waals surface area (Å²) in [6.45, 7) is 0. The van der Waals surface area contributed by atoms with Gasteiger partial charge >= 0.3 is 6.03 Å². The van der Waals surface area contributed by atoms with Crippen molar-refractivity contribution in [3.05, 3.63) is 29.3 Å². The molecule has 1 aromatic carbocycles. The van der Waals surface area contributed by atoms with Gasteiger partial charge in [-0.15, -0.1) is 0 Å². The minimum atomic E-state index is 0.0959. The highest BCUT2D eigenvalue weighted by Gasteiger charge is 2.51. The van der Waals surface area contributed by atoms with E-state index in [1.54, 1.807) is 0 Å². The van der Waals surface area contributed by atoms with E-state index < -0.39 is 0 Å². The normalized spacial score (nSPS) is 33.0. The van der Waals surface area contributed by atoms with Crippen molar-refractivity contribution in [1.82, 2.24) is 4.90 Å². The predicted molar refractivity (Wildman–Crippen MR) is 93.8 cm³/mol. The van der Waals surface area contributed by atoms with Crippen molar-refractivity contribution in [3.8, 4) is 0 Å². The van der Waals surface area contributed by atoms with Gasteiger partial charge in [0.15, 0.2) is 0 Å². The molecule has 3 nitrogen and oxygen atoms in total. The number of fused-ring (bicyclic) bond motifs is 3. The fourth-order valence-corrected chi connectivity index (χ4v) is 5.36. The summed E-state index contributed by atoms with van der Waals surface area (Å²) in [5.74, 6) is 1.48. The summed E-state index contributed by atoms with van der Waals surface area (Å²) in [7, 11) is 0. The van der Waals surface area contributed by atoms with E-state index in [-0.39, 0.29) is 6.03 Å². The van der Waals surface area contributed by atoms with Gasteiger partial charge in [0.1, 0.15) is 0 Å². The van der Waals surface area contributed by atoms with Crippen LogP contribution in [0.15, 0.2) is 24.3 Å². The Kier molecular flexibility index (Phi) is 4.23. The zero-order chi connectivity index (χ0) is 15.8. The van der Waals surface area contributed by atoms with Gasteiger partial charge in [-0.1, -0.05) is 37.3 Å². The lowest BCUT2D eigenvalue weighted by Gasteiger charge is -2.34. The van der Waals surface area contributed by atoms with Gasteiger partial charge in [-0.2, -0.15) is 0 Å². The van der Waals surface area contributed by atoms with E-state index in [0.29, 0.717) is 17.1 Å². The fourth-order valence-electron chi connectivity index (χ4n) is 5.24. The first-order valence-corrected chi connectivity index (χ1v) is 9.47. The first-order chi connectivity index (χ1) is 11.2. The number of amides is 2. The van der Waals surface area contributed by atoms with Gasteiger partial charge in [0.05, 0.1) is 0 Å². The number of hydrogen-bond donors (Lipinski definition) is 1. The molecular weight excluding hydrogens is 308 g/mol. The van der Waals surface area contributed by atoms with Crippen molar-refractivity contribution in [2.24, 2.45) is 11.8 Å². The van der Waals surface area contributed by atoms with E-state index in [1.165, 1.54) is 51.4 Å². The summed E-state index contributed by atoms with van der Waals surface area (Å²) < 4.78 is 0. The molecule has 0 aromatic heterocycles. The minimum absolute atomic E-state index is 0.0959. The number of urea groups is 1. The number of likely N-dealkylation sites (tertiary alicyclic amines) is 1. The molecule has 2 amide bonds. The van der Waals surface area contributed by atoms with Crippen LogP contribution >= 0.6 is 11.6 Å². The van der Waals surface area contributed by atoms with E-state index in [1.807, 2.05) is 24.3 Å². The third kappa shape index (κ3) is 2.84. The molecule has 124 valence electrons. The van der Waals surface area contributed by atoms with Crippen LogP contribution in [-0.4, -0.2) is 23.0 Å². The van der Waals surface area contributed by atoms with Gasteiger partial charge in [-0.05, 0) is 61.8 Å². The van der Waals surface area contributed by atoms with Crippen LogP contribution in [0.3, 0.4) is 0 Å². The van der Waals surface area contributed by atoms with E-state index in [2.05, 4.69) is 10.2 Å². The predicted octanol–water partition coefficient (Wildman–Crippen LogP) is 5.31. The molecule has 2 aliphatic carbocycles. The molecule has 4 unspecified atom stereocenters. The molecule has 1 saturated heterocycles. The first-order valence-electron chi connectivity index (χ1n) is 9.09. The Bertz CT molecular complexity index is 551. The number of nitrogens with one attached hydrogen (secondary N) is 1. The largest absolute Gasteiger partial charge is 0.322 e. The maximum Gasteiger partial charge on any atom is 0.322 e. The average molecular weight is 333 g/mol. The van der Waals surface area contributed by atoms with Gasteiger partial charge in [0, 0.05) is 22.8 Å². The lowest BCUT2D eigenvalue weighted by Crippen LogP contribution is -2.46. The van der Waals surface area contributed by atoms with Crippen molar-refractivity contribution in [1.29, 1.82) is 0 Å². The highest BCUT2D eigenvalue weighted by atomic mass is 35.5. The summed E-state index contributed by atoms with van der Waals surface area (Å²) in [5, 5.41) is 3.80. The lowest BCUT2D eigenvalue weighted by molar-refractivity contribution is 0.157. The summed E-state index contributed by atoms with van der Waals surface area (Å²) >= 11 is 5.93. The Morgan fingerprint density at radius 2 is 1.43 bits per heavy atom. The number of nitrogens with zero attached hydrogens (tertiary/aromatic N) is 1. The van der Waals surface area contributed by atoms with Gasteiger partial charge in [0.25, 0.3) is 0 Å².